The normalized spacial score (nSPS) is 34.9. The fourth-order valence-corrected chi connectivity index (χ4v) is 4.47. The van der Waals surface area contributed by atoms with Crippen molar-refractivity contribution in [2.75, 3.05) is 80.0 Å². The van der Waals surface area contributed by atoms with Gasteiger partial charge in [0.1, 0.15) is 0 Å². The van der Waals surface area contributed by atoms with Crippen LogP contribution in [0.15, 0.2) is 0 Å². The number of halogens is 2. The Kier molecular flexibility index (Phi) is 43.0. The molecule has 21 heteroatoms. The van der Waals surface area contributed by atoms with Crippen LogP contribution >= 0.6 is 0 Å². The van der Waals surface area contributed by atoms with Crippen LogP contribution in [0, 0.1) is 0 Å². The van der Waals surface area contributed by atoms with Crippen LogP contribution in [-0.4, -0.2) is 141 Å². The molecule has 33 heavy (non-hydrogen) atoms. The summed E-state index contributed by atoms with van der Waals surface area (Å²) in [7, 11) is 0. The predicted molar refractivity (Wildman–Crippen MR) is 117 cm³/mol. The first-order valence-electron chi connectivity index (χ1n) is 7.59. The van der Waals surface area contributed by atoms with Crippen molar-refractivity contribution in [2.24, 2.45) is 0 Å². The maximum Gasteiger partial charge on any atom is 2.00 e. The average Bonchev–Trinajstić information content (AvgIpc) is 2.35. The molecule has 26 N–H and O–H groups in total. The molecule has 8 aliphatic rings. The zero-order chi connectivity index (χ0) is 13.1. The van der Waals surface area contributed by atoms with Gasteiger partial charge < -0.3 is 79.6 Å². The van der Waals surface area contributed by atoms with Crippen LogP contribution in [0.1, 0.15) is 0 Å². The Morgan fingerprint density at radius 1 is 0.242 bits per heavy atom. The van der Waals surface area contributed by atoms with Crippen LogP contribution in [-0.2, 0) is 49.9 Å². The molecule has 0 saturated carbocycles. The van der Waals surface area contributed by atoms with Crippen molar-refractivity contribution in [3.63, 3.8) is 0 Å². The van der Waals surface area contributed by atoms with Crippen molar-refractivity contribution in [3.8, 4) is 0 Å². The first kappa shape index (κ1) is 58.9. The summed E-state index contributed by atoms with van der Waals surface area (Å²) in [5.41, 5.74) is 0. The second-order valence-corrected chi connectivity index (χ2v) is 7.06. The third-order valence-electron chi connectivity index (χ3n) is 4.80. The molecular formula is C12H50Cl2CuN8O10+6. The van der Waals surface area contributed by atoms with Gasteiger partial charge in [-0.3, -0.25) is 39.2 Å². The average molecular weight is 601 g/mol. The molecule has 8 fully saturated rings. The van der Waals surface area contributed by atoms with Crippen LogP contribution in [0.25, 0.3) is 0 Å². The van der Waals surface area contributed by atoms with E-state index >= 15 is 0 Å². The summed E-state index contributed by atoms with van der Waals surface area (Å²) in [5, 5.41) is 0. The SMILES string of the molecule is C1N2CN3CN1CN(C2)C3.C1N2CN3CN1CN(C2)C3.O.O.O.O.[Cl-].[Cl-].[Cu+2].[OH3+].[OH3+].[OH3+].[OH3+].[OH3+].[OH3+]. The molecule has 0 aromatic rings. The quantitative estimate of drug-likeness (QED) is 0.189. The molecule has 0 spiro atoms. The monoisotopic (exact) mass is 599 g/mol. The van der Waals surface area contributed by atoms with Crippen molar-refractivity contribution in [3.05, 3.63) is 0 Å². The Morgan fingerprint density at radius 3 is 0.364 bits per heavy atom. The molecule has 0 aromatic carbocycles. The molecule has 8 heterocycles. The largest absolute Gasteiger partial charge is 2.00 e. The molecule has 8 saturated heterocycles. The number of rotatable bonds is 0. The van der Waals surface area contributed by atoms with E-state index in [2.05, 4.69) is 39.2 Å². The Balaban J connectivity index is -0.0000000358. The molecule has 8 rings (SSSR count). The summed E-state index contributed by atoms with van der Waals surface area (Å²) in [4.78, 5) is 19.8. The van der Waals surface area contributed by atoms with E-state index in [9.17, 15) is 0 Å². The van der Waals surface area contributed by atoms with E-state index in [0.29, 0.717) is 0 Å². The fraction of sp³-hybridized carbons (Fsp3) is 1.00. The predicted octanol–water partition coefficient (Wildman–Crippen LogP) is -16.9. The van der Waals surface area contributed by atoms with Gasteiger partial charge in [0, 0.05) is 0 Å². The van der Waals surface area contributed by atoms with Gasteiger partial charge in [0.25, 0.3) is 0 Å². The molecule has 0 aromatic heterocycles. The van der Waals surface area contributed by atoms with E-state index in [1.165, 1.54) is 80.0 Å². The van der Waals surface area contributed by atoms with E-state index in [1.807, 2.05) is 0 Å². The van der Waals surface area contributed by atoms with E-state index in [1.54, 1.807) is 0 Å². The molecule has 1 radical (unpaired) electrons. The van der Waals surface area contributed by atoms with Crippen LogP contribution in [0.4, 0.5) is 0 Å². The van der Waals surface area contributed by atoms with Gasteiger partial charge in [-0.05, 0) is 0 Å². The Bertz CT molecular complexity index is 283. The first-order chi connectivity index (χ1) is 9.80. The van der Waals surface area contributed by atoms with Crippen LogP contribution in [0.3, 0.4) is 0 Å². The van der Waals surface area contributed by atoms with Gasteiger partial charge in [-0.2, -0.15) is 0 Å². The Labute approximate surface area is 216 Å². The fourth-order valence-electron chi connectivity index (χ4n) is 4.47. The molecule has 8 bridgehead atoms. The molecular weight excluding hydrogens is 551 g/mol. The van der Waals surface area contributed by atoms with Gasteiger partial charge in [-0.1, -0.05) is 0 Å². The second kappa shape index (κ2) is 24.1. The summed E-state index contributed by atoms with van der Waals surface area (Å²) in [5.74, 6) is 0. The van der Waals surface area contributed by atoms with Gasteiger partial charge >= 0.3 is 17.1 Å². The first-order valence-corrected chi connectivity index (χ1v) is 7.59. The van der Waals surface area contributed by atoms with Crippen LogP contribution < -0.4 is 24.8 Å². The molecule has 0 unspecified atom stereocenters. The topological polar surface area (TPSA) is 350 Å². The smallest absolute Gasteiger partial charge is 1.00 e. The van der Waals surface area contributed by atoms with Crippen molar-refractivity contribution in [2.45, 2.75) is 0 Å². The van der Waals surface area contributed by atoms with E-state index in [4.69, 9.17) is 0 Å². The van der Waals surface area contributed by atoms with Gasteiger partial charge in [0.2, 0.25) is 0 Å². The van der Waals surface area contributed by atoms with Gasteiger partial charge in [0.05, 0.1) is 80.0 Å². The van der Waals surface area contributed by atoms with E-state index < -0.39 is 0 Å². The van der Waals surface area contributed by atoms with Crippen molar-refractivity contribution < 1.29 is 96.6 Å². The minimum absolute atomic E-state index is 0. The van der Waals surface area contributed by atoms with Crippen LogP contribution in [0.5, 0.6) is 0 Å². The summed E-state index contributed by atoms with van der Waals surface area (Å²) in [6.07, 6.45) is 0. The molecule has 0 amide bonds. The molecule has 0 atom stereocenters. The maximum absolute atomic E-state index is 2.47. The molecule has 0 aliphatic carbocycles. The zero-order valence-electron chi connectivity index (χ0n) is 18.6. The maximum atomic E-state index is 2.47. The summed E-state index contributed by atoms with van der Waals surface area (Å²) in [6.45, 7) is 14.2. The molecule has 8 aliphatic heterocycles. The zero-order valence-corrected chi connectivity index (χ0v) is 21.0. The van der Waals surface area contributed by atoms with Gasteiger partial charge in [-0.25, -0.2) is 0 Å². The van der Waals surface area contributed by atoms with Crippen LogP contribution in [0.2, 0.25) is 0 Å². The van der Waals surface area contributed by atoms with Gasteiger partial charge in [0.15, 0.2) is 0 Å². The minimum atomic E-state index is 0. The van der Waals surface area contributed by atoms with Crippen molar-refractivity contribution in [1.82, 2.24) is 39.2 Å². The standard InChI is InChI=1S/2C6H12N4.2ClH.Cu.10H2O/c2*1-7-2-9-4-8(1)5-10(3-7)6-9;;;;;;;;;;;;;/h2*1-6H2;2*1H;;10*1H2/q;;;;+2;;;;;;;;;;/p+4. The third-order valence-corrected chi connectivity index (χ3v) is 4.80. The summed E-state index contributed by atoms with van der Waals surface area (Å²) >= 11 is 0. The minimum Gasteiger partial charge on any atom is -1.00 e. The van der Waals surface area contributed by atoms with E-state index in [-0.39, 0.29) is 96.6 Å². The van der Waals surface area contributed by atoms with Crippen molar-refractivity contribution in [1.29, 1.82) is 0 Å². The molecule has 18 nitrogen and oxygen atoms in total. The Hall–Kier alpha value is 0.379. The van der Waals surface area contributed by atoms with Gasteiger partial charge in [-0.15, -0.1) is 0 Å². The number of hydrogen-bond acceptors (Lipinski definition) is 8. The molecule has 217 valence electrons. The number of hydrogen-bond donors (Lipinski definition) is 0. The van der Waals surface area contributed by atoms with Crippen molar-refractivity contribution >= 4 is 0 Å². The Morgan fingerprint density at radius 2 is 0.303 bits per heavy atom. The summed E-state index contributed by atoms with van der Waals surface area (Å²) < 4.78 is 0. The van der Waals surface area contributed by atoms with E-state index in [0.717, 1.165) is 0 Å². The number of nitrogens with zero attached hydrogens (tertiary/aromatic N) is 8. The second-order valence-electron chi connectivity index (χ2n) is 7.06. The third kappa shape index (κ3) is 12.8. The summed E-state index contributed by atoms with van der Waals surface area (Å²) in [6, 6.07) is 0.